The van der Waals surface area contributed by atoms with Gasteiger partial charge in [-0.05, 0) is 59.0 Å². The molecule has 6 nitrogen and oxygen atoms in total. The summed E-state index contributed by atoms with van der Waals surface area (Å²) in [5, 5.41) is 7.07. The molecule has 0 aromatic heterocycles. The predicted molar refractivity (Wildman–Crippen MR) is 126 cm³/mol. The molecule has 0 aromatic rings. The number of aliphatic imine (C=N–C) groups is 1. The normalized spacial score (nSPS) is 24.9. The van der Waals surface area contributed by atoms with Crippen LogP contribution in [-0.2, 0) is 4.79 Å². The quantitative estimate of drug-likeness (QED) is 0.343. The van der Waals surface area contributed by atoms with Crippen molar-refractivity contribution in [2.75, 3.05) is 39.8 Å². The van der Waals surface area contributed by atoms with Gasteiger partial charge in [0.1, 0.15) is 0 Å². The highest BCUT2D eigenvalue weighted by molar-refractivity contribution is 14.0. The van der Waals surface area contributed by atoms with Crippen LogP contribution in [0.5, 0.6) is 0 Å². The van der Waals surface area contributed by atoms with E-state index >= 15 is 0 Å². The van der Waals surface area contributed by atoms with Gasteiger partial charge in [-0.2, -0.15) is 0 Å². The van der Waals surface area contributed by atoms with Crippen molar-refractivity contribution < 1.29 is 4.79 Å². The molecule has 0 bridgehead atoms. The molecule has 3 aliphatic rings. The van der Waals surface area contributed by atoms with Crippen LogP contribution in [-0.4, -0.2) is 73.0 Å². The molecule has 2 heterocycles. The molecule has 1 atom stereocenters. The van der Waals surface area contributed by atoms with Gasteiger partial charge in [0.2, 0.25) is 5.91 Å². The molecule has 3 fully saturated rings. The molecule has 162 valence electrons. The molecule has 3 rings (SSSR count). The van der Waals surface area contributed by atoms with Crippen molar-refractivity contribution in [3.05, 3.63) is 0 Å². The van der Waals surface area contributed by atoms with Crippen LogP contribution in [0.15, 0.2) is 4.99 Å². The van der Waals surface area contributed by atoms with Crippen LogP contribution in [0.25, 0.3) is 0 Å². The van der Waals surface area contributed by atoms with Gasteiger partial charge in [0.15, 0.2) is 5.96 Å². The minimum Gasteiger partial charge on any atom is -0.355 e. The summed E-state index contributed by atoms with van der Waals surface area (Å²) in [7, 11) is 1.83. The summed E-state index contributed by atoms with van der Waals surface area (Å²) >= 11 is 0. The Hall–Kier alpha value is -0.570. The van der Waals surface area contributed by atoms with E-state index in [0.29, 0.717) is 11.9 Å². The fourth-order valence-electron chi connectivity index (χ4n) is 4.81. The molecule has 2 N–H and O–H groups in total. The third-order valence-corrected chi connectivity index (χ3v) is 6.67. The molecule has 0 aromatic carbocycles. The number of rotatable bonds is 5. The van der Waals surface area contributed by atoms with Gasteiger partial charge in [0.05, 0.1) is 0 Å². The number of nitrogens with one attached hydrogen (secondary N) is 2. The average molecular weight is 505 g/mol. The average Bonchev–Trinajstić information content (AvgIpc) is 3.37. The van der Waals surface area contributed by atoms with Crippen LogP contribution in [0.2, 0.25) is 0 Å². The van der Waals surface area contributed by atoms with Crippen molar-refractivity contribution in [3.8, 4) is 0 Å². The second-order valence-corrected chi connectivity index (χ2v) is 9.18. The molecular weight excluding hydrogens is 465 g/mol. The fourth-order valence-corrected chi connectivity index (χ4v) is 4.81. The summed E-state index contributed by atoms with van der Waals surface area (Å²) in [6.45, 7) is 9.59. The van der Waals surface area contributed by atoms with Crippen LogP contribution in [0, 0.1) is 5.92 Å². The monoisotopic (exact) mass is 505 g/mol. The second kappa shape index (κ2) is 11.0. The number of hydrogen-bond donors (Lipinski definition) is 2. The number of nitrogens with zero attached hydrogens (tertiary/aromatic N) is 3. The second-order valence-electron chi connectivity index (χ2n) is 9.18. The van der Waals surface area contributed by atoms with Crippen molar-refractivity contribution in [1.82, 2.24) is 20.4 Å². The number of carbonyl (C=O) groups excluding carboxylic acids is 1. The Balaban J connectivity index is 0.00000280. The van der Waals surface area contributed by atoms with E-state index in [2.05, 4.69) is 39.3 Å². The summed E-state index contributed by atoms with van der Waals surface area (Å²) in [6, 6.07) is 0.305. The number of carbonyl (C=O) groups is 1. The maximum Gasteiger partial charge on any atom is 0.225 e. The minimum atomic E-state index is 0. The summed E-state index contributed by atoms with van der Waals surface area (Å²) in [4.78, 5) is 21.7. The Kier molecular flexibility index (Phi) is 9.31. The lowest BCUT2D eigenvalue weighted by Gasteiger charge is -2.41. The van der Waals surface area contributed by atoms with Gasteiger partial charge in [-0.1, -0.05) is 19.3 Å². The first kappa shape index (κ1) is 23.7. The predicted octanol–water partition coefficient (Wildman–Crippen LogP) is 2.83. The van der Waals surface area contributed by atoms with E-state index in [4.69, 9.17) is 0 Å². The maximum absolute atomic E-state index is 12.6. The lowest BCUT2D eigenvalue weighted by molar-refractivity contribution is -0.134. The van der Waals surface area contributed by atoms with Crippen LogP contribution >= 0.6 is 24.0 Å². The molecule has 2 aliphatic heterocycles. The van der Waals surface area contributed by atoms with Crippen molar-refractivity contribution >= 4 is 35.8 Å². The highest BCUT2D eigenvalue weighted by Crippen LogP contribution is 2.28. The van der Waals surface area contributed by atoms with E-state index in [1.54, 1.807) is 0 Å². The molecule has 1 saturated carbocycles. The van der Waals surface area contributed by atoms with Crippen LogP contribution < -0.4 is 10.6 Å². The molecule has 1 aliphatic carbocycles. The molecule has 7 heteroatoms. The minimum absolute atomic E-state index is 0. The third-order valence-electron chi connectivity index (χ3n) is 6.67. The molecule has 1 unspecified atom stereocenters. The van der Waals surface area contributed by atoms with Crippen LogP contribution in [0.4, 0.5) is 0 Å². The Morgan fingerprint density at radius 3 is 2.36 bits per heavy atom. The number of likely N-dealkylation sites (tertiary alicyclic amines) is 2. The Bertz CT molecular complexity index is 527. The molecule has 28 heavy (non-hydrogen) atoms. The summed E-state index contributed by atoms with van der Waals surface area (Å²) < 4.78 is 0. The van der Waals surface area contributed by atoms with E-state index in [-0.39, 0.29) is 35.4 Å². The smallest absolute Gasteiger partial charge is 0.225 e. The first-order valence-corrected chi connectivity index (χ1v) is 11.0. The van der Waals surface area contributed by atoms with Crippen molar-refractivity contribution in [2.24, 2.45) is 10.9 Å². The molecule has 0 spiro atoms. The summed E-state index contributed by atoms with van der Waals surface area (Å²) in [5.74, 6) is 1.53. The maximum atomic E-state index is 12.6. The highest BCUT2D eigenvalue weighted by atomic mass is 127. The van der Waals surface area contributed by atoms with E-state index < -0.39 is 0 Å². The molecule has 2 saturated heterocycles. The number of guanidine groups is 1. The largest absolute Gasteiger partial charge is 0.355 e. The first-order valence-electron chi connectivity index (χ1n) is 11.0. The van der Waals surface area contributed by atoms with E-state index in [9.17, 15) is 4.79 Å². The Morgan fingerprint density at radius 1 is 1.04 bits per heavy atom. The van der Waals surface area contributed by atoms with Crippen molar-refractivity contribution in [1.29, 1.82) is 0 Å². The summed E-state index contributed by atoms with van der Waals surface area (Å²) in [6.07, 6.45) is 9.59. The van der Waals surface area contributed by atoms with Gasteiger partial charge in [0.25, 0.3) is 0 Å². The zero-order chi connectivity index (χ0) is 19.3. The summed E-state index contributed by atoms with van der Waals surface area (Å²) in [5.41, 5.74) is 0.123. The SMILES string of the molecule is CN=C(NCC(C)(C)N1CCCCC1)NC1CCN(C(=O)C2CCCC2)C1.I. The number of piperidine rings is 1. The van der Waals surface area contributed by atoms with E-state index in [1.165, 1.54) is 45.2 Å². The standard InChI is InChI=1S/C21H39N5O.HI/c1-21(2,26-12-7-4-8-13-26)16-23-20(22-3)24-18-11-14-25(15-18)19(27)17-9-5-6-10-17;/h17-18H,4-16H2,1-3H3,(H2,22,23,24);1H. The lowest BCUT2D eigenvalue weighted by atomic mass is 9.98. The van der Waals surface area contributed by atoms with Crippen LogP contribution in [0.1, 0.15) is 65.2 Å². The first-order chi connectivity index (χ1) is 13.0. The molecule has 0 radical (unpaired) electrons. The van der Waals surface area contributed by atoms with Gasteiger partial charge in [-0.3, -0.25) is 14.7 Å². The number of halogens is 1. The van der Waals surface area contributed by atoms with E-state index in [0.717, 1.165) is 44.9 Å². The highest BCUT2D eigenvalue weighted by Gasteiger charge is 2.33. The zero-order valence-electron chi connectivity index (χ0n) is 18.0. The molecule has 1 amide bonds. The van der Waals surface area contributed by atoms with Gasteiger partial charge in [-0.25, -0.2) is 0 Å². The van der Waals surface area contributed by atoms with Gasteiger partial charge >= 0.3 is 0 Å². The van der Waals surface area contributed by atoms with Crippen LogP contribution in [0.3, 0.4) is 0 Å². The number of amides is 1. The third kappa shape index (κ3) is 6.21. The zero-order valence-corrected chi connectivity index (χ0v) is 20.3. The van der Waals surface area contributed by atoms with E-state index in [1.807, 2.05) is 7.05 Å². The molecular formula is C21H40IN5O. The number of hydrogen-bond acceptors (Lipinski definition) is 3. The fraction of sp³-hybridized carbons (Fsp3) is 0.905. The van der Waals surface area contributed by atoms with Gasteiger partial charge in [0, 0.05) is 44.2 Å². The topological polar surface area (TPSA) is 60.0 Å². The van der Waals surface area contributed by atoms with Gasteiger partial charge < -0.3 is 15.5 Å². The lowest BCUT2D eigenvalue weighted by Crippen LogP contribution is -2.55. The van der Waals surface area contributed by atoms with Gasteiger partial charge in [-0.15, -0.1) is 24.0 Å². The Labute approximate surface area is 188 Å². The van der Waals surface area contributed by atoms with Crippen molar-refractivity contribution in [3.63, 3.8) is 0 Å². The Morgan fingerprint density at radius 2 is 1.71 bits per heavy atom. The van der Waals surface area contributed by atoms with Crippen molar-refractivity contribution in [2.45, 2.75) is 76.8 Å².